The normalized spacial score (nSPS) is 14.7. The van der Waals surface area contributed by atoms with Crippen molar-refractivity contribution in [2.24, 2.45) is 0 Å². The summed E-state index contributed by atoms with van der Waals surface area (Å²) in [6.45, 7) is 8.25. The first kappa shape index (κ1) is 23.4. The molecule has 3 rings (SSSR count). The van der Waals surface area contributed by atoms with Crippen LogP contribution in [-0.2, 0) is 9.53 Å². The van der Waals surface area contributed by atoms with E-state index >= 15 is 0 Å². The molecular weight excluding hydrogens is 408 g/mol. The second-order valence-electron chi connectivity index (χ2n) is 9.08. The summed E-state index contributed by atoms with van der Waals surface area (Å²) in [6, 6.07) is 10.9. The maximum absolute atomic E-state index is 12.9. The van der Waals surface area contributed by atoms with Gasteiger partial charge in [0.15, 0.2) is 0 Å². The minimum absolute atomic E-state index is 0.0580. The molecule has 1 fully saturated rings. The Kier molecular flexibility index (Phi) is 6.91. The average Bonchev–Trinajstić information content (AvgIpc) is 3.22. The summed E-state index contributed by atoms with van der Waals surface area (Å²) in [6.07, 6.45) is 3.12. The zero-order valence-electron chi connectivity index (χ0n) is 19.4. The number of piperidine rings is 1. The first-order chi connectivity index (χ1) is 15.0. The zero-order chi connectivity index (χ0) is 23.5. The van der Waals surface area contributed by atoms with Gasteiger partial charge in [-0.3, -0.25) is 9.59 Å². The molecule has 1 aliphatic heterocycles. The van der Waals surface area contributed by atoms with Gasteiger partial charge in [0, 0.05) is 50.7 Å². The Morgan fingerprint density at radius 1 is 1.06 bits per heavy atom. The highest BCUT2D eigenvalue weighted by atomic mass is 16.6. The Balaban J connectivity index is 1.61. The van der Waals surface area contributed by atoms with Crippen LogP contribution in [0.2, 0.25) is 0 Å². The molecule has 1 saturated heterocycles. The second kappa shape index (κ2) is 9.46. The van der Waals surface area contributed by atoms with Crippen LogP contribution in [0, 0.1) is 0 Å². The molecule has 1 N–H and O–H groups in total. The van der Waals surface area contributed by atoms with Crippen molar-refractivity contribution in [3.8, 4) is 0 Å². The average molecular weight is 441 g/mol. The molecule has 0 saturated carbocycles. The van der Waals surface area contributed by atoms with Crippen molar-refractivity contribution >= 4 is 29.3 Å². The lowest BCUT2D eigenvalue weighted by Crippen LogP contribution is -2.42. The van der Waals surface area contributed by atoms with Crippen LogP contribution in [0.15, 0.2) is 42.6 Å². The monoisotopic (exact) mass is 440 g/mol. The third-order valence-electron chi connectivity index (χ3n) is 5.51. The highest BCUT2D eigenvalue weighted by Crippen LogP contribution is 2.26. The highest BCUT2D eigenvalue weighted by molar-refractivity contribution is 6.03. The van der Waals surface area contributed by atoms with Crippen LogP contribution in [0.1, 0.15) is 57.1 Å². The van der Waals surface area contributed by atoms with Gasteiger partial charge in [0.05, 0.1) is 0 Å². The van der Waals surface area contributed by atoms with E-state index in [2.05, 4.69) is 5.32 Å². The second-order valence-corrected chi connectivity index (χ2v) is 9.08. The Morgan fingerprint density at radius 2 is 1.69 bits per heavy atom. The van der Waals surface area contributed by atoms with Gasteiger partial charge in [-0.25, -0.2) is 4.79 Å². The number of amides is 3. The van der Waals surface area contributed by atoms with Gasteiger partial charge in [-0.2, -0.15) is 0 Å². The summed E-state index contributed by atoms with van der Waals surface area (Å²) in [5.41, 5.74) is 1.48. The molecule has 0 bridgehead atoms. The smallest absolute Gasteiger partial charge is 0.410 e. The van der Waals surface area contributed by atoms with Crippen molar-refractivity contribution in [3.63, 3.8) is 0 Å². The summed E-state index contributed by atoms with van der Waals surface area (Å²) >= 11 is 0. The minimum Gasteiger partial charge on any atom is -0.444 e. The van der Waals surface area contributed by atoms with E-state index in [4.69, 9.17) is 4.74 Å². The molecule has 3 amide bonds. The molecule has 0 unspecified atom stereocenters. The van der Waals surface area contributed by atoms with Gasteiger partial charge in [-0.15, -0.1) is 0 Å². The van der Waals surface area contributed by atoms with Crippen LogP contribution in [0.3, 0.4) is 0 Å². The number of likely N-dealkylation sites (tertiary alicyclic amines) is 1. The van der Waals surface area contributed by atoms with E-state index in [-0.39, 0.29) is 23.9 Å². The lowest BCUT2D eigenvalue weighted by Gasteiger charge is -2.34. The molecule has 1 aromatic heterocycles. The highest BCUT2D eigenvalue weighted by Gasteiger charge is 2.28. The molecule has 0 radical (unpaired) electrons. The number of nitrogens with one attached hydrogen (secondary N) is 1. The minimum atomic E-state index is -0.515. The number of nitrogens with zero attached hydrogens (tertiary/aromatic N) is 3. The van der Waals surface area contributed by atoms with Crippen molar-refractivity contribution in [2.75, 3.05) is 30.4 Å². The van der Waals surface area contributed by atoms with Crippen LogP contribution in [0.4, 0.5) is 16.2 Å². The molecule has 0 atom stereocenters. The fourth-order valence-corrected chi connectivity index (χ4v) is 3.70. The predicted molar refractivity (Wildman–Crippen MR) is 124 cm³/mol. The van der Waals surface area contributed by atoms with E-state index in [0.29, 0.717) is 24.5 Å². The van der Waals surface area contributed by atoms with E-state index in [0.717, 1.165) is 18.5 Å². The van der Waals surface area contributed by atoms with Gasteiger partial charge >= 0.3 is 6.09 Å². The molecule has 172 valence electrons. The lowest BCUT2D eigenvalue weighted by molar-refractivity contribution is -0.116. The molecule has 8 heteroatoms. The predicted octanol–water partition coefficient (Wildman–Crippen LogP) is 4.30. The summed E-state index contributed by atoms with van der Waals surface area (Å²) in [5.74, 6) is -0.255. The molecule has 8 nitrogen and oxygen atoms in total. The van der Waals surface area contributed by atoms with E-state index in [1.165, 1.54) is 6.92 Å². The van der Waals surface area contributed by atoms with E-state index in [1.807, 2.05) is 37.6 Å². The van der Waals surface area contributed by atoms with E-state index in [9.17, 15) is 14.4 Å². The maximum atomic E-state index is 12.9. The molecule has 0 aliphatic carbocycles. The quantitative estimate of drug-likeness (QED) is 0.769. The third-order valence-corrected chi connectivity index (χ3v) is 5.51. The fourth-order valence-electron chi connectivity index (χ4n) is 3.70. The summed E-state index contributed by atoms with van der Waals surface area (Å²) < 4.78 is 7.45. The van der Waals surface area contributed by atoms with Crippen LogP contribution < -0.4 is 10.2 Å². The van der Waals surface area contributed by atoms with Crippen molar-refractivity contribution < 1.29 is 19.1 Å². The Hall–Kier alpha value is -3.29. The Labute approximate surface area is 189 Å². The van der Waals surface area contributed by atoms with Crippen LogP contribution in [-0.4, -0.2) is 53.1 Å². The standard InChI is InChI=1S/C24H32N4O4/c1-17(29)26(5)19-10-8-18(9-11-19)25-22(30)21-7-6-14-28(21)20-12-15-27(16-13-20)23(31)32-24(2,3)4/h6-11,14,20H,12-13,15-16H2,1-5H3,(H,25,30). The van der Waals surface area contributed by atoms with Crippen molar-refractivity contribution in [1.82, 2.24) is 9.47 Å². The number of carbonyl (C=O) groups is 3. The maximum Gasteiger partial charge on any atom is 0.410 e. The first-order valence-electron chi connectivity index (χ1n) is 10.9. The summed E-state index contributed by atoms with van der Waals surface area (Å²) in [4.78, 5) is 40.0. The van der Waals surface area contributed by atoms with Crippen molar-refractivity contribution in [3.05, 3.63) is 48.3 Å². The van der Waals surface area contributed by atoms with Crippen LogP contribution in [0.5, 0.6) is 0 Å². The molecule has 0 spiro atoms. The molecule has 32 heavy (non-hydrogen) atoms. The first-order valence-corrected chi connectivity index (χ1v) is 10.9. The van der Waals surface area contributed by atoms with Crippen LogP contribution in [0.25, 0.3) is 0 Å². The number of hydrogen-bond acceptors (Lipinski definition) is 4. The molecule has 1 aliphatic rings. The molecule has 1 aromatic carbocycles. The molecule has 2 heterocycles. The van der Waals surface area contributed by atoms with Crippen molar-refractivity contribution in [1.29, 1.82) is 0 Å². The SMILES string of the molecule is CC(=O)N(C)c1ccc(NC(=O)c2cccn2C2CCN(C(=O)OC(C)(C)C)CC2)cc1. The lowest BCUT2D eigenvalue weighted by atomic mass is 10.0. The fraction of sp³-hybridized carbons (Fsp3) is 0.458. The van der Waals surface area contributed by atoms with Gasteiger partial charge in [0.1, 0.15) is 11.3 Å². The molecular formula is C24H32N4O4. The van der Waals surface area contributed by atoms with Gasteiger partial charge in [-0.1, -0.05) is 0 Å². The Bertz CT molecular complexity index is 967. The van der Waals surface area contributed by atoms with E-state index in [1.54, 1.807) is 47.2 Å². The van der Waals surface area contributed by atoms with Gasteiger partial charge < -0.3 is 24.4 Å². The third kappa shape index (κ3) is 5.69. The topological polar surface area (TPSA) is 83.9 Å². The van der Waals surface area contributed by atoms with Crippen molar-refractivity contribution in [2.45, 2.75) is 52.2 Å². The number of carbonyl (C=O) groups excluding carboxylic acids is 3. The number of benzene rings is 1. The summed E-state index contributed by atoms with van der Waals surface area (Å²) in [7, 11) is 1.71. The molecule has 2 aromatic rings. The number of rotatable bonds is 4. The summed E-state index contributed by atoms with van der Waals surface area (Å²) in [5, 5.41) is 2.92. The van der Waals surface area contributed by atoms with E-state index < -0.39 is 5.60 Å². The number of ether oxygens (including phenoxy) is 1. The van der Waals surface area contributed by atoms with Crippen LogP contribution >= 0.6 is 0 Å². The Morgan fingerprint density at radius 3 is 2.25 bits per heavy atom. The number of aromatic nitrogens is 1. The van der Waals surface area contributed by atoms with Gasteiger partial charge in [0.2, 0.25) is 5.91 Å². The largest absolute Gasteiger partial charge is 0.444 e. The van der Waals surface area contributed by atoms with Gasteiger partial charge in [0.25, 0.3) is 5.91 Å². The van der Waals surface area contributed by atoms with Gasteiger partial charge in [-0.05, 0) is 70.0 Å². The zero-order valence-corrected chi connectivity index (χ0v) is 19.4. The number of anilines is 2. The number of hydrogen-bond donors (Lipinski definition) is 1.